The second kappa shape index (κ2) is 5.51. The molecule has 0 atom stereocenters. The lowest BCUT2D eigenvalue weighted by Gasteiger charge is -2.29. The summed E-state index contributed by atoms with van der Waals surface area (Å²) in [6.07, 6.45) is 2.92. The Kier molecular flexibility index (Phi) is 4.16. The lowest BCUT2D eigenvalue weighted by Crippen LogP contribution is -2.35. The molecule has 0 saturated carbocycles. The Morgan fingerprint density at radius 3 is 2.79 bits per heavy atom. The van der Waals surface area contributed by atoms with Gasteiger partial charge >= 0.3 is 0 Å². The van der Waals surface area contributed by atoms with Gasteiger partial charge in [-0.1, -0.05) is 6.92 Å². The first-order valence-electron chi connectivity index (χ1n) is 6.31. The van der Waals surface area contributed by atoms with Gasteiger partial charge in [-0.15, -0.1) is 0 Å². The van der Waals surface area contributed by atoms with E-state index in [0.717, 1.165) is 30.5 Å². The summed E-state index contributed by atoms with van der Waals surface area (Å²) in [6.45, 7) is 2.66. The topological polar surface area (TPSA) is 54.5 Å². The molecule has 0 N–H and O–H groups in total. The van der Waals surface area contributed by atoms with Gasteiger partial charge in [-0.2, -0.15) is 0 Å². The van der Waals surface area contributed by atoms with Crippen molar-refractivity contribution in [2.45, 2.75) is 37.5 Å². The van der Waals surface area contributed by atoms with Crippen LogP contribution in [0, 0.1) is 0 Å². The monoisotopic (exact) mass is 301 g/mol. The van der Waals surface area contributed by atoms with Crippen LogP contribution in [-0.2, 0) is 20.3 Å². The van der Waals surface area contributed by atoms with Crippen LogP contribution in [0.3, 0.4) is 0 Å². The van der Waals surface area contributed by atoms with Crippen LogP contribution < -0.4 is 4.90 Å². The molecule has 104 valence electrons. The number of hydrogen-bond donors (Lipinski definition) is 0. The van der Waals surface area contributed by atoms with Gasteiger partial charge in [0.1, 0.15) is 0 Å². The van der Waals surface area contributed by atoms with Crippen molar-refractivity contribution in [3.05, 3.63) is 23.8 Å². The molecule has 1 aliphatic rings. The molecular formula is C13H16ClNO3S. The summed E-state index contributed by atoms with van der Waals surface area (Å²) < 4.78 is 22.6. The number of fused-ring (bicyclic) bond motifs is 1. The van der Waals surface area contributed by atoms with Crippen molar-refractivity contribution in [2.24, 2.45) is 0 Å². The molecule has 1 aromatic rings. The van der Waals surface area contributed by atoms with Gasteiger partial charge in [-0.05, 0) is 43.0 Å². The molecule has 1 aromatic carbocycles. The van der Waals surface area contributed by atoms with Crippen LogP contribution in [0.5, 0.6) is 0 Å². The van der Waals surface area contributed by atoms with Crippen molar-refractivity contribution >= 4 is 31.3 Å². The van der Waals surface area contributed by atoms with Crippen LogP contribution in [-0.4, -0.2) is 20.9 Å². The molecule has 4 nitrogen and oxygen atoms in total. The zero-order chi connectivity index (χ0) is 14.0. The Bertz CT molecular complexity index is 598. The lowest BCUT2D eigenvalue weighted by molar-refractivity contribution is -0.118. The highest BCUT2D eigenvalue weighted by molar-refractivity contribution is 8.13. The molecule has 0 bridgehead atoms. The third-order valence-corrected chi connectivity index (χ3v) is 4.57. The number of anilines is 1. The van der Waals surface area contributed by atoms with Gasteiger partial charge in [0, 0.05) is 29.3 Å². The van der Waals surface area contributed by atoms with Gasteiger partial charge in [-0.25, -0.2) is 8.42 Å². The van der Waals surface area contributed by atoms with Gasteiger partial charge in [0.15, 0.2) is 0 Å². The normalized spacial score (nSPS) is 15.2. The lowest BCUT2D eigenvalue weighted by atomic mass is 10.0. The summed E-state index contributed by atoms with van der Waals surface area (Å²) >= 11 is 0. The van der Waals surface area contributed by atoms with E-state index in [1.807, 2.05) is 6.92 Å². The average Bonchev–Trinajstić information content (AvgIpc) is 2.36. The number of hydrogen-bond acceptors (Lipinski definition) is 3. The Morgan fingerprint density at radius 2 is 2.16 bits per heavy atom. The zero-order valence-corrected chi connectivity index (χ0v) is 12.3. The number of aryl methyl sites for hydroxylation is 1. The summed E-state index contributed by atoms with van der Waals surface area (Å²) in [5.74, 6) is 0.0879. The summed E-state index contributed by atoms with van der Waals surface area (Å²) in [5.41, 5.74) is 1.69. The molecule has 0 fully saturated rings. The van der Waals surface area contributed by atoms with Gasteiger partial charge in [0.05, 0.1) is 4.90 Å². The first-order valence-corrected chi connectivity index (χ1v) is 8.62. The second-order valence-electron chi connectivity index (χ2n) is 4.63. The van der Waals surface area contributed by atoms with E-state index in [2.05, 4.69) is 0 Å². The third kappa shape index (κ3) is 3.09. The van der Waals surface area contributed by atoms with Crippen LogP contribution >= 0.6 is 10.7 Å². The molecule has 0 aromatic heterocycles. The fraction of sp³-hybridized carbons (Fsp3) is 0.462. The van der Waals surface area contributed by atoms with Crippen LogP contribution in [0.1, 0.15) is 31.7 Å². The van der Waals surface area contributed by atoms with Crippen LogP contribution in [0.4, 0.5) is 5.69 Å². The highest BCUT2D eigenvalue weighted by atomic mass is 35.7. The molecule has 1 aliphatic heterocycles. The van der Waals surface area contributed by atoms with Crippen molar-refractivity contribution in [1.82, 2.24) is 0 Å². The standard InChI is InChI=1S/C13H16ClNO3S/c1-2-4-13(16)15-8-3-5-10-9-11(19(14,17)18)6-7-12(10)15/h6-7,9H,2-5,8H2,1H3. The molecule has 6 heteroatoms. The number of amides is 1. The molecule has 19 heavy (non-hydrogen) atoms. The summed E-state index contributed by atoms with van der Waals surface area (Å²) in [7, 11) is 1.63. The van der Waals surface area contributed by atoms with E-state index in [-0.39, 0.29) is 10.8 Å². The molecular weight excluding hydrogens is 286 g/mol. The summed E-state index contributed by atoms with van der Waals surface area (Å²) in [5, 5.41) is 0. The Balaban J connectivity index is 2.39. The van der Waals surface area contributed by atoms with E-state index in [9.17, 15) is 13.2 Å². The van der Waals surface area contributed by atoms with Crippen LogP contribution in [0.15, 0.2) is 23.1 Å². The Morgan fingerprint density at radius 1 is 1.42 bits per heavy atom. The van der Waals surface area contributed by atoms with E-state index in [4.69, 9.17) is 10.7 Å². The number of benzene rings is 1. The fourth-order valence-electron chi connectivity index (χ4n) is 2.33. The van der Waals surface area contributed by atoms with E-state index < -0.39 is 9.05 Å². The first-order chi connectivity index (χ1) is 8.93. The molecule has 0 spiro atoms. The van der Waals surface area contributed by atoms with Crippen molar-refractivity contribution in [1.29, 1.82) is 0 Å². The van der Waals surface area contributed by atoms with E-state index in [1.165, 1.54) is 6.07 Å². The number of carbonyl (C=O) groups is 1. The van der Waals surface area contributed by atoms with Crippen molar-refractivity contribution in [2.75, 3.05) is 11.4 Å². The van der Waals surface area contributed by atoms with Crippen LogP contribution in [0.25, 0.3) is 0 Å². The summed E-state index contributed by atoms with van der Waals surface area (Å²) in [6, 6.07) is 4.71. The largest absolute Gasteiger partial charge is 0.312 e. The molecule has 0 aliphatic carbocycles. The quantitative estimate of drug-likeness (QED) is 0.807. The fourth-order valence-corrected chi connectivity index (χ4v) is 3.13. The maximum absolute atomic E-state index is 12.0. The molecule has 1 amide bonds. The van der Waals surface area contributed by atoms with Crippen molar-refractivity contribution in [3.8, 4) is 0 Å². The van der Waals surface area contributed by atoms with Crippen molar-refractivity contribution < 1.29 is 13.2 Å². The molecule has 1 heterocycles. The molecule has 0 saturated heterocycles. The van der Waals surface area contributed by atoms with Gasteiger partial charge in [0.2, 0.25) is 5.91 Å². The number of nitrogens with zero attached hydrogens (tertiary/aromatic N) is 1. The minimum absolute atomic E-state index is 0.0879. The maximum atomic E-state index is 12.0. The van der Waals surface area contributed by atoms with E-state index >= 15 is 0 Å². The highest BCUT2D eigenvalue weighted by Crippen LogP contribution is 2.30. The van der Waals surface area contributed by atoms with Gasteiger partial charge in [-0.3, -0.25) is 4.79 Å². The maximum Gasteiger partial charge on any atom is 0.261 e. The van der Waals surface area contributed by atoms with E-state index in [0.29, 0.717) is 13.0 Å². The number of rotatable bonds is 3. The number of carbonyl (C=O) groups excluding carboxylic acids is 1. The second-order valence-corrected chi connectivity index (χ2v) is 7.19. The molecule has 2 rings (SSSR count). The summed E-state index contributed by atoms with van der Waals surface area (Å²) in [4.78, 5) is 13.9. The predicted molar refractivity (Wildman–Crippen MR) is 75.1 cm³/mol. The number of halogens is 1. The Labute approximate surface area is 117 Å². The highest BCUT2D eigenvalue weighted by Gasteiger charge is 2.23. The van der Waals surface area contributed by atoms with E-state index in [1.54, 1.807) is 17.0 Å². The average molecular weight is 302 g/mol. The molecule has 0 radical (unpaired) electrons. The smallest absolute Gasteiger partial charge is 0.261 e. The van der Waals surface area contributed by atoms with Crippen LogP contribution in [0.2, 0.25) is 0 Å². The van der Waals surface area contributed by atoms with Crippen molar-refractivity contribution in [3.63, 3.8) is 0 Å². The minimum Gasteiger partial charge on any atom is -0.312 e. The first kappa shape index (κ1) is 14.3. The molecule has 0 unspecified atom stereocenters. The minimum atomic E-state index is -3.72. The predicted octanol–water partition coefficient (Wildman–Crippen LogP) is 2.69. The SMILES string of the molecule is CCCC(=O)N1CCCc2cc(S(=O)(=O)Cl)ccc21. The zero-order valence-electron chi connectivity index (χ0n) is 10.7. The van der Waals surface area contributed by atoms with Gasteiger partial charge in [0.25, 0.3) is 9.05 Å². The Hall–Kier alpha value is -1.07. The van der Waals surface area contributed by atoms with Gasteiger partial charge < -0.3 is 4.90 Å². The third-order valence-electron chi connectivity index (χ3n) is 3.22.